The average Bonchev–Trinajstić information content (AvgIpc) is 2.74. The van der Waals surface area contributed by atoms with Gasteiger partial charge in [-0.25, -0.2) is 9.59 Å². The van der Waals surface area contributed by atoms with Crippen molar-refractivity contribution in [2.45, 2.75) is 123 Å². The summed E-state index contributed by atoms with van der Waals surface area (Å²) in [7, 11) is 0. The lowest BCUT2D eigenvalue weighted by atomic mass is 10.0. The monoisotopic (exact) mass is 423 g/mol. The smallest absolute Gasteiger partial charge is 0.408 e. The van der Waals surface area contributed by atoms with Crippen LogP contribution in [0.1, 0.15) is 117 Å². The Bertz CT molecular complexity index is 459. The SMILES string of the molecule is C#CCOC(=O)N[C@@H](C)C(=O)OCCCCCCCCCCCCCCCCCC. The second-order valence-electron chi connectivity index (χ2n) is 8.12. The molecule has 0 heterocycles. The van der Waals surface area contributed by atoms with Gasteiger partial charge in [0, 0.05) is 0 Å². The number of alkyl carbamates (subject to hydrolysis) is 1. The fourth-order valence-electron chi connectivity index (χ4n) is 3.33. The highest BCUT2D eigenvalue weighted by molar-refractivity contribution is 5.80. The molecule has 0 rings (SSSR count). The molecule has 174 valence electrons. The van der Waals surface area contributed by atoms with Crippen molar-refractivity contribution >= 4 is 12.1 Å². The van der Waals surface area contributed by atoms with Crippen LogP contribution >= 0.6 is 0 Å². The van der Waals surface area contributed by atoms with E-state index in [1.54, 1.807) is 6.92 Å². The van der Waals surface area contributed by atoms with Crippen LogP contribution in [-0.4, -0.2) is 31.3 Å². The third kappa shape index (κ3) is 19.6. The summed E-state index contributed by atoms with van der Waals surface area (Å²) in [4.78, 5) is 23.1. The van der Waals surface area contributed by atoms with Gasteiger partial charge in [-0.15, -0.1) is 6.42 Å². The zero-order chi connectivity index (χ0) is 22.3. The number of esters is 1. The molecule has 1 amide bonds. The Morgan fingerprint density at radius 2 is 1.20 bits per heavy atom. The predicted octanol–water partition coefficient (Wildman–Crippen LogP) is 6.54. The molecule has 0 aliphatic rings. The number of terminal acetylenes is 1. The van der Waals surface area contributed by atoms with Crippen molar-refractivity contribution in [1.82, 2.24) is 5.32 Å². The molecule has 0 spiro atoms. The van der Waals surface area contributed by atoms with Gasteiger partial charge in [0.25, 0.3) is 0 Å². The lowest BCUT2D eigenvalue weighted by Gasteiger charge is -2.12. The summed E-state index contributed by atoms with van der Waals surface area (Å²) in [5.41, 5.74) is 0. The van der Waals surface area contributed by atoms with Gasteiger partial charge < -0.3 is 14.8 Å². The van der Waals surface area contributed by atoms with Crippen molar-refractivity contribution < 1.29 is 19.1 Å². The van der Waals surface area contributed by atoms with E-state index < -0.39 is 18.1 Å². The van der Waals surface area contributed by atoms with Gasteiger partial charge in [-0.05, 0) is 13.3 Å². The quantitative estimate of drug-likeness (QED) is 0.137. The Morgan fingerprint density at radius 3 is 1.63 bits per heavy atom. The number of unbranched alkanes of at least 4 members (excludes halogenated alkanes) is 15. The van der Waals surface area contributed by atoms with Crippen LogP contribution in [0.2, 0.25) is 0 Å². The summed E-state index contributed by atoms with van der Waals surface area (Å²) in [5.74, 6) is 1.74. The molecule has 30 heavy (non-hydrogen) atoms. The minimum absolute atomic E-state index is 0.118. The van der Waals surface area contributed by atoms with E-state index >= 15 is 0 Å². The largest absolute Gasteiger partial charge is 0.464 e. The van der Waals surface area contributed by atoms with Gasteiger partial charge in [-0.3, -0.25) is 0 Å². The van der Waals surface area contributed by atoms with Gasteiger partial charge in [0.1, 0.15) is 6.04 Å². The Labute approximate surface area is 185 Å². The Hall–Kier alpha value is -1.70. The molecule has 5 nitrogen and oxygen atoms in total. The van der Waals surface area contributed by atoms with Crippen molar-refractivity contribution in [3.8, 4) is 12.3 Å². The molecule has 5 heteroatoms. The van der Waals surface area contributed by atoms with E-state index in [9.17, 15) is 9.59 Å². The lowest BCUT2D eigenvalue weighted by Crippen LogP contribution is -2.40. The van der Waals surface area contributed by atoms with Gasteiger partial charge in [-0.1, -0.05) is 109 Å². The van der Waals surface area contributed by atoms with Gasteiger partial charge in [0.2, 0.25) is 0 Å². The normalized spacial score (nSPS) is 11.5. The summed E-state index contributed by atoms with van der Waals surface area (Å²) in [6.07, 6.45) is 25.2. The number of carbonyl (C=O) groups is 2. The maximum Gasteiger partial charge on any atom is 0.408 e. The summed E-state index contributed by atoms with van der Waals surface area (Å²) < 4.78 is 9.84. The van der Waals surface area contributed by atoms with Crippen molar-refractivity contribution in [2.24, 2.45) is 0 Å². The molecule has 0 aliphatic carbocycles. The Balaban J connectivity index is 3.31. The van der Waals surface area contributed by atoms with E-state index in [2.05, 4.69) is 22.9 Å². The second-order valence-corrected chi connectivity index (χ2v) is 8.12. The minimum Gasteiger partial charge on any atom is -0.464 e. The van der Waals surface area contributed by atoms with Crippen molar-refractivity contribution in [1.29, 1.82) is 0 Å². The van der Waals surface area contributed by atoms with E-state index in [4.69, 9.17) is 11.2 Å². The third-order valence-electron chi connectivity index (χ3n) is 5.22. The van der Waals surface area contributed by atoms with Crippen LogP contribution in [0.3, 0.4) is 0 Å². The number of ether oxygens (including phenoxy) is 2. The standard InChI is InChI=1S/C25H45NO4/c1-4-6-7-8-9-10-11-12-13-14-15-16-17-18-19-20-22-29-24(27)23(3)26-25(28)30-21-5-2/h2,23H,4,6-22H2,1,3H3,(H,26,28)/t23-/m0/s1. The molecular weight excluding hydrogens is 378 g/mol. The van der Waals surface area contributed by atoms with E-state index in [-0.39, 0.29) is 6.61 Å². The number of hydrogen-bond acceptors (Lipinski definition) is 4. The predicted molar refractivity (Wildman–Crippen MR) is 123 cm³/mol. The van der Waals surface area contributed by atoms with E-state index in [0.29, 0.717) is 6.61 Å². The minimum atomic E-state index is -0.740. The summed E-state index contributed by atoms with van der Waals surface area (Å²) in [5, 5.41) is 2.39. The van der Waals surface area contributed by atoms with E-state index in [1.165, 1.54) is 89.9 Å². The highest BCUT2D eigenvalue weighted by atomic mass is 16.6. The number of nitrogens with one attached hydrogen (secondary N) is 1. The van der Waals surface area contributed by atoms with Crippen molar-refractivity contribution in [3.05, 3.63) is 0 Å². The maximum absolute atomic E-state index is 11.8. The van der Waals surface area contributed by atoms with Crippen LogP contribution in [0.15, 0.2) is 0 Å². The number of amides is 1. The molecule has 0 radical (unpaired) electrons. The molecule has 0 bridgehead atoms. The Kier molecular flexibility index (Phi) is 20.7. The van der Waals surface area contributed by atoms with Crippen LogP contribution in [-0.2, 0) is 14.3 Å². The molecule has 1 atom stereocenters. The van der Waals surface area contributed by atoms with Crippen LogP contribution < -0.4 is 5.32 Å². The van der Waals surface area contributed by atoms with Gasteiger partial charge in [0.15, 0.2) is 6.61 Å². The molecule has 0 aromatic carbocycles. The fraction of sp³-hybridized carbons (Fsp3) is 0.840. The molecule has 0 saturated heterocycles. The first kappa shape index (κ1) is 28.3. The number of carbonyl (C=O) groups excluding carboxylic acids is 2. The maximum atomic E-state index is 11.8. The Morgan fingerprint density at radius 1 is 0.767 bits per heavy atom. The zero-order valence-corrected chi connectivity index (χ0v) is 19.5. The second kappa shape index (κ2) is 22.0. The molecule has 0 aromatic rings. The summed E-state index contributed by atoms with van der Waals surface area (Å²) in [6.45, 7) is 4.10. The van der Waals surface area contributed by atoms with Crippen molar-refractivity contribution in [3.63, 3.8) is 0 Å². The molecule has 1 N–H and O–H groups in total. The molecule has 0 fully saturated rings. The number of rotatable bonds is 20. The fourth-order valence-corrected chi connectivity index (χ4v) is 3.33. The first-order valence-electron chi connectivity index (χ1n) is 12.1. The molecule has 0 saturated carbocycles. The van der Waals surface area contributed by atoms with Crippen molar-refractivity contribution in [2.75, 3.05) is 13.2 Å². The summed E-state index contributed by atoms with van der Waals surface area (Å²) >= 11 is 0. The van der Waals surface area contributed by atoms with Gasteiger partial charge in [-0.2, -0.15) is 0 Å². The van der Waals surface area contributed by atoms with Crippen LogP contribution in [0.5, 0.6) is 0 Å². The lowest BCUT2D eigenvalue weighted by molar-refractivity contribution is -0.145. The van der Waals surface area contributed by atoms with Gasteiger partial charge >= 0.3 is 12.1 Å². The molecule has 0 aliphatic heterocycles. The summed E-state index contributed by atoms with van der Waals surface area (Å²) in [6, 6.07) is -0.740. The first-order chi connectivity index (χ1) is 14.6. The highest BCUT2D eigenvalue weighted by Crippen LogP contribution is 2.13. The number of hydrogen-bond donors (Lipinski definition) is 1. The van der Waals surface area contributed by atoms with Crippen LogP contribution in [0.25, 0.3) is 0 Å². The van der Waals surface area contributed by atoms with E-state index in [1.807, 2.05) is 0 Å². The molecular formula is C25H45NO4. The highest BCUT2D eigenvalue weighted by Gasteiger charge is 2.17. The zero-order valence-electron chi connectivity index (χ0n) is 19.5. The average molecular weight is 424 g/mol. The van der Waals surface area contributed by atoms with E-state index in [0.717, 1.165) is 12.8 Å². The third-order valence-corrected chi connectivity index (χ3v) is 5.22. The van der Waals surface area contributed by atoms with Crippen LogP contribution in [0.4, 0.5) is 4.79 Å². The first-order valence-corrected chi connectivity index (χ1v) is 12.1. The molecule has 0 unspecified atom stereocenters. The van der Waals surface area contributed by atoms with Gasteiger partial charge in [0.05, 0.1) is 6.61 Å². The molecule has 0 aromatic heterocycles. The van der Waals surface area contributed by atoms with Crippen LogP contribution in [0, 0.1) is 12.3 Å². The topological polar surface area (TPSA) is 64.6 Å².